The summed E-state index contributed by atoms with van der Waals surface area (Å²) in [5, 5.41) is 27.1. The van der Waals surface area contributed by atoms with E-state index in [-0.39, 0.29) is 23.4 Å². The highest BCUT2D eigenvalue weighted by atomic mass is 16.2. The fourth-order valence-corrected chi connectivity index (χ4v) is 4.66. The van der Waals surface area contributed by atoms with Crippen LogP contribution >= 0.6 is 0 Å². The van der Waals surface area contributed by atoms with Crippen molar-refractivity contribution in [1.82, 2.24) is 15.2 Å². The molecule has 7 heteroatoms. The third-order valence-electron chi connectivity index (χ3n) is 6.47. The van der Waals surface area contributed by atoms with Gasteiger partial charge in [0.1, 0.15) is 6.04 Å². The van der Waals surface area contributed by atoms with Crippen molar-refractivity contribution in [3.8, 4) is 12.1 Å². The molecule has 1 fully saturated rings. The lowest BCUT2D eigenvalue weighted by Crippen LogP contribution is -2.47. The third-order valence-corrected chi connectivity index (χ3v) is 6.47. The minimum absolute atomic E-state index is 0.142. The van der Waals surface area contributed by atoms with E-state index in [0.717, 1.165) is 35.7 Å². The Bertz CT molecular complexity index is 1340. The van der Waals surface area contributed by atoms with Crippen LogP contribution in [0.4, 0.5) is 0 Å². The Hall–Kier alpha value is -3.68. The standard InChI is InChI=1S/C25H25N5O2/c1-3-17-8-9-28-23(17)24(31)29-18(14-27)10-15-4-6-19-20-7-5-16(13-26)12-22(20)30(2)25(32)21(19)11-15/h4-7,11-12,17-18,23,28H,3,8-10H2,1-2H3,(H,29,31)/t17-,18?,23-/m0/s1. The van der Waals surface area contributed by atoms with E-state index in [0.29, 0.717) is 22.9 Å². The summed E-state index contributed by atoms with van der Waals surface area (Å²) in [6, 6.07) is 14.2. The van der Waals surface area contributed by atoms with Gasteiger partial charge in [-0.1, -0.05) is 31.5 Å². The molecule has 1 aliphatic heterocycles. The van der Waals surface area contributed by atoms with Crippen LogP contribution in [-0.4, -0.2) is 29.1 Å². The third kappa shape index (κ3) is 3.84. The van der Waals surface area contributed by atoms with Crippen LogP contribution in [0.1, 0.15) is 30.9 Å². The molecule has 0 radical (unpaired) electrons. The van der Waals surface area contributed by atoms with E-state index >= 15 is 0 Å². The van der Waals surface area contributed by atoms with Gasteiger partial charge < -0.3 is 15.2 Å². The van der Waals surface area contributed by atoms with Crippen molar-refractivity contribution in [2.75, 3.05) is 6.54 Å². The average Bonchev–Trinajstić information content (AvgIpc) is 3.31. The van der Waals surface area contributed by atoms with Gasteiger partial charge in [0.15, 0.2) is 0 Å². The molecule has 32 heavy (non-hydrogen) atoms. The predicted molar refractivity (Wildman–Crippen MR) is 123 cm³/mol. The van der Waals surface area contributed by atoms with E-state index in [9.17, 15) is 20.1 Å². The number of pyridine rings is 1. The Morgan fingerprint density at radius 1 is 1.22 bits per heavy atom. The number of nitriles is 2. The molecule has 1 aliphatic rings. The van der Waals surface area contributed by atoms with E-state index in [4.69, 9.17) is 0 Å². The van der Waals surface area contributed by atoms with E-state index in [1.54, 1.807) is 29.8 Å². The Morgan fingerprint density at radius 3 is 2.72 bits per heavy atom. The van der Waals surface area contributed by atoms with Gasteiger partial charge in [-0.05, 0) is 48.0 Å². The van der Waals surface area contributed by atoms with Crippen molar-refractivity contribution in [3.63, 3.8) is 0 Å². The summed E-state index contributed by atoms with van der Waals surface area (Å²) >= 11 is 0. The summed E-state index contributed by atoms with van der Waals surface area (Å²) in [6.45, 7) is 2.88. The zero-order valence-corrected chi connectivity index (χ0v) is 18.2. The Labute approximate surface area is 186 Å². The number of nitrogens with zero attached hydrogens (tertiary/aromatic N) is 3. The van der Waals surface area contributed by atoms with Crippen molar-refractivity contribution in [2.24, 2.45) is 13.0 Å². The summed E-state index contributed by atoms with van der Waals surface area (Å²) in [7, 11) is 1.69. The predicted octanol–water partition coefficient (Wildman–Crippen LogP) is 2.50. The van der Waals surface area contributed by atoms with Gasteiger partial charge >= 0.3 is 0 Å². The largest absolute Gasteiger partial charge is 0.339 e. The molecule has 0 saturated carbocycles. The van der Waals surface area contributed by atoms with Crippen LogP contribution < -0.4 is 16.2 Å². The summed E-state index contributed by atoms with van der Waals surface area (Å²) in [5.41, 5.74) is 1.84. The minimum atomic E-state index is -0.678. The lowest BCUT2D eigenvalue weighted by Gasteiger charge is -2.20. The average molecular weight is 428 g/mol. The van der Waals surface area contributed by atoms with Gasteiger partial charge in [0.2, 0.25) is 5.91 Å². The molecule has 2 N–H and O–H groups in total. The molecule has 1 aromatic heterocycles. The van der Waals surface area contributed by atoms with Crippen molar-refractivity contribution < 1.29 is 4.79 Å². The van der Waals surface area contributed by atoms with Crippen LogP contribution in [-0.2, 0) is 18.3 Å². The second-order valence-corrected chi connectivity index (χ2v) is 8.37. The molecule has 4 rings (SSSR count). The summed E-state index contributed by atoms with van der Waals surface area (Å²) in [4.78, 5) is 25.7. The quantitative estimate of drug-likeness (QED) is 0.608. The van der Waals surface area contributed by atoms with Gasteiger partial charge in [-0.3, -0.25) is 9.59 Å². The number of hydrogen-bond donors (Lipinski definition) is 2. The highest BCUT2D eigenvalue weighted by Gasteiger charge is 2.32. The SMILES string of the molecule is CC[C@H]1CCN[C@@H]1C(=O)NC(C#N)Cc1ccc2c(c1)c(=O)n(C)c1cc(C#N)ccc21. The Morgan fingerprint density at radius 2 is 2.00 bits per heavy atom. The first kappa shape index (κ1) is 21.5. The van der Waals surface area contributed by atoms with E-state index in [2.05, 4.69) is 29.7 Å². The van der Waals surface area contributed by atoms with Crippen LogP contribution in [0.15, 0.2) is 41.2 Å². The lowest BCUT2D eigenvalue weighted by atomic mass is 9.96. The molecule has 0 aliphatic carbocycles. The second kappa shape index (κ2) is 8.82. The molecule has 1 saturated heterocycles. The summed E-state index contributed by atoms with van der Waals surface area (Å²) in [5.74, 6) is 0.143. The number of benzene rings is 2. The maximum absolute atomic E-state index is 13.0. The number of nitrogens with one attached hydrogen (secondary N) is 2. The normalized spacial score (nSPS) is 18.9. The number of hydrogen-bond acceptors (Lipinski definition) is 5. The van der Waals surface area contributed by atoms with Crippen LogP contribution in [0.2, 0.25) is 0 Å². The maximum Gasteiger partial charge on any atom is 0.258 e. The van der Waals surface area contributed by atoms with E-state index < -0.39 is 6.04 Å². The maximum atomic E-state index is 13.0. The van der Waals surface area contributed by atoms with Crippen LogP contribution in [0.5, 0.6) is 0 Å². The van der Waals surface area contributed by atoms with Crippen molar-refractivity contribution in [3.05, 3.63) is 57.9 Å². The summed E-state index contributed by atoms with van der Waals surface area (Å²) in [6.07, 6.45) is 2.19. The molecular formula is C25H25N5O2. The number of rotatable bonds is 5. The van der Waals surface area contributed by atoms with Gasteiger partial charge in [-0.2, -0.15) is 10.5 Å². The molecule has 7 nitrogen and oxygen atoms in total. The van der Waals surface area contributed by atoms with Crippen LogP contribution in [0.3, 0.4) is 0 Å². The number of aryl methyl sites for hydroxylation is 1. The molecule has 1 unspecified atom stereocenters. The highest BCUT2D eigenvalue weighted by Crippen LogP contribution is 2.25. The molecule has 2 aromatic carbocycles. The lowest BCUT2D eigenvalue weighted by molar-refractivity contribution is -0.124. The molecule has 1 amide bonds. The molecule has 3 atom stereocenters. The number of amides is 1. The first-order chi connectivity index (χ1) is 15.5. The molecule has 2 heterocycles. The monoisotopic (exact) mass is 427 g/mol. The van der Waals surface area contributed by atoms with Crippen molar-refractivity contribution >= 4 is 27.6 Å². The van der Waals surface area contributed by atoms with Crippen molar-refractivity contribution in [2.45, 2.75) is 38.3 Å². The van der Waals surface area contributed by atoms with Gasteiger partial charge in [0.05, 0.1) is 29.3 Å². The molecule has 162 valence electrons. The van der Waals surface area contributed by atoms with Gasteiger partial charge in [0, 0.05) is 24.2 Å². The summed E-state index contributed by atoms with van der Waals surface area (Å²) < 4.78 is 1.54. The van der Waals surface area contributed by atoms with Crippen LogP contribution in [0, 0.1) is 28.6 Å². The number of carbonyl (C=O) groups excluding carboxylic acids is 1. The first-order valence-electron chi connectivity index (χ1n) is 10.9. The van der Waals surface area contributed by atoms with Crippen LogP contribution in [0.25, 0.3) is 21.7 Å². The van der Waals surface area contributed by atoms with Gasteiger partial charge in [0.25, 0.3) is 5.56 Å². The second-order valence-electron chi connectivity index (χ2n) is 8.37. The number of carbonyl (C=O) groups is 1. The van der Waals surface area contributed by atoms with E-state index in [1.807, 2.05) is 18.2 Å². The van der Waals surface area contributed by atoms with E-state index in [1.165, 1.54) is 0 Å². The smallest absolute Gasteiger partial charge is 0.258 e. The topological polar surface area (TPSA) is 111 Å². The number of aromatic nitrogens is 1. The molecular weight excluding hydrogens is 402 g/mol. The number of fused-ring (bicyclic) bond motifs is 3. The van der Waals surface area contributed by atoms with Gasteiger partial charge in [-0.25, -0.2) is 0 Å². The zero-order valence-electron chi connectivity index (χ0n) is 18.2. The van der Waals surface area contributed by atoms with Gasteiger partial charge in [-0.15, -0.1) is 0 Å². The Kier molecular flexibility index (Phi) is 5.94. The molecule has 0 bridgehead atoms. The minimum Gasteiger partial charge on any atom is -0.339 e. The fourth-order valence-electron chi connectivity index (χ4n) is 4.66. The van der Waals surface area contributed by atoms with Crippen molar-refractivity contribution in [1.29, 1.82) is 10.5 Å². The highest BCUT2D eigenvalue weighted by molar-refractivity contribution is 6.06. The first-order valence-corrected chi connectivity index (χ1v) is 10.9. The molecule has 0 spiro atoms. The molecule has 3 aromatic rings. The Balaban J connectivity index is 1.63. The zero-order chi connectivity index (χ0) is 22.8. The fraction of sp³-hybridized carbons (Fsp3) is 0.360.